The van der Waals surface area contributed by atoms with E-state index in [9.17, 15) is 0 Å². The Hall–Kier alpha value is -1.06. The Kier molecular flexibility index (Phi) is 6.34. The SMILES string of the molecule is CCNC(CCc1ccc(OC)cc1)C1CCCCO1. The zero-order valence-corrected chi connectivity index (χ0v) is 12.7. The first-order valence-electron chi connectivity index (χ1n) is 7.81. The van der Waals surface area contributed by atoms with Crippen molar-refractivity contribution in [2.45, 2.75) is 51.2 Å². The molecule has 2 atom stereocenters. The van der Waals surface area contributed by atoms with Crippen LogP contribution < -0.4 is 10.1 Å². The number of rotatable bonds is 7. The third-order valence-electron chi connectivity index (χ3n) is 4.03. The van der Waals surface area contributed by atoms with Gasteiger partial charge in [-0.1, -0.05) is 19.1 Å². The van der Waals surface area contributed by atoms with E-state index < -0.39 is 0 Å². The van der Waals surface area contributed by atoms with E-state index in [-0.39, 0.29) is 0 Å². The first-order chi connectivity index (χ1) is 9.83. The molecule has 0 radical (unpaired) electrons. The Morgan fingerprint density at radius 3 is 2.70 bits per heavy atom. The van der Waals surface area contributed by atoms with Gasteiger partial charge in [0.2, 0.25) is 0 Å². The van der Waals surface area contributed by atoms with Crippen molar-refractivity contribution in [1.29, 1.82) is 0 Å². The second kappa shape index (κ2) is 8.28. The van der Waals surface area contributed by atoms with Crippen LogP contribution in [0.2, 0.25) is 0 Å². The lowest BCUT2D eigenvalue weighted by Crippen LogP contribution is -2.43. The summed E-state index contributed by atoms with van der Waals surface area (Å²) in [5.74, 6) is 0.924. The van der Waals surface area contributed by atoms with E-state index in [0.29, 0.717) is 12.1 Å². The number of ether oxygens (including phenoxy) is 2. The maximum atomic E-state index is 5.94. The van der Waals surface area contributed by atoms with Crippen LogP contribution in [0, 0.1) is 0 Å². The second-order valence-electron chi connectivity index (χ2n) is 5.46. The lowest BCUT2D eigenvalue weighted by atomic mass is 9.96. The number of nitrogens with one attached hydrogen (secondary N) is 1. The fraction of sp³-hybridized carbons (Fsp3) is 0.647. The number of aryl methyl sites for hydroxylation is 1. The molecule has 1 heterocycles. The Morgan fingerprint density at radius 2 is 2.10 bits per heavy atom. The topological polar surface area (TPSA) is 30.5 Å². The normalized spacial score (nSPS) is 20.6. The van der Waals surface area contributed by atoms with E-state index in [1.807, 2.05) is 12.1 Å². The summed E-state index contributed by atoms with van der Waals surface area (Å²) in [5, 5.41) is 3.60. The van der Waals surface area contributed by atoms with E-state index in [0.717, 1.165) is 31.7 Å². The maximum Gasteiger partial charge on any atom is 0.118 e. The molecule has 1 aliphatic rings. The predicted octanol–water partition coefficient (Wildman–Crippen LogP) is 3.18. The summed E-state index contributed by atoms with van der Waals surface area (Å²) in [7, 11) is 1.70. The van der Waals surface area contributed by atoms with Gasteiger partial charge in [-0.05, 0) is 56.3 Å². The van der Waals surface area contributed by atoms with Crippen LogP contribution in [0.5, 0.6) is 5.75 Å². The number of methoxy groups -OCH3 is 1. The van der Waals surface area contributed by atoms with Gasteiger partial charge in [0.25, 0.3) is 0 Å². The summed E-state index contributed by atoms with van der Waals surface area (Å²) >= 11 is 0. The summed E-state index contributed by atoms with van der Waals surface area (Å²) in [6.45, 7) is 4.10. The number of hydrogen-bond donors (Lipinski definition) is 1. The lowest BCUT2D eigenvalue weighted by molar-refractivity contribution is -0.00885. The van der Waals surface area contributed by atoms with Crippen molar-refractivity contribution in [2.24, 2.45) is 0 Å². The molecule has 0 saturated carbocycles. The van der Waals surface area contributed by atoms with Crippen molar-refractivity contribution < 1.29 is 9.47 Å². The van der Waals surface area contributed by atoms with Crippen molar-refractivity contribution in [3.8, 4) is 5.75 Å². The zero-order valence-electron chi connectivity index (χ0n) is 12.7. The van der Waals surface area contributed by atoms with Crippen LogP contribution in [0.1, 0.15) is 38.2 Å². The highest BCUT2D eigenvalue weighted by Crippen LogP contribution is 2.20. The van der Waals surface area contributed by atoms with Crippen molar-refractivity contribution in [3.05, 3.63) is 29.8 Å². The van der Waals surface area contributed by atoms with Gasteiger partial charge in [-0.2, -0.15) is 0 Å². The molecule has 1 N–H and O–H groups in total. The van der Waals surface area contributed by atoms with Gasteiger partial charge >= 0.3 is 0 Å². The third-order valence-corrected chi connectivity index (χ3v) is 4.03. The average Bonchev–Trinajstić information content (AvgIpc) is 2.53. The molecule has 1 aromatic carbocycles. The van der Waals surface area contributed by atoms with Gasteiger partial charge in [0.15, 0.2) is 0 Å². The molecule has 1 saturated heterocycles. The van der Waals surface area contributed by atoms with Crippen LogP contribution in [0.3, 0.4) is 0 Å². The summed E-state index contributed by atoms with van der Waals surface area (Å²) in [5.41, 5.74) is 1.37. The third kappa shape index (κ3) is 4.50. The highest BCUT2D eigenvalue weighted by Gasteiger charge is 2.23. The van der Waals surface area contributed by atoms with Crippen molar-refractivity contribution in [1.82, 2.24) is 5.32 Å². The number of hydrogen-bond acceptors (Lipinski definition) is 3. The quantitative estimate of drug-likeness (QED) is 0.830. The predicted molar refractivity (Wildman–Crippen MR) is 82.4 cm³/mol. The molecule has 0 bridgehead atoms. The van der Waals surface area contributed by atoms with Crippen LogP contribution in [0.15, 0.2) is 24.3 Å². The van der Waals surface area contributed by atoms with Crippen LogP contribution in [0.4, 0.5) is 0 Å². The summed E-state index contributed by atoms with van der Waals surface area (Å²) in [4.78, 5) is 0. The molecule has 20 heavy (non-hydrogen) atoms. The minimum Gasteiger partial charge on any atom is -0.497 e. The smallest absolute Gasteiger partial charge is 0.118 e. The Morgan fingerprint density at radius 1 is 1.30 bits per heavy atom. The van der Waals surface area contributed by atoms with Crippen molar-refractivity contribution in [2.75, 3.05) is 20.3 Å². The van der Waals surface area contributed by atoms with Gasteiger partial charge in [0.1, 0.15) is 5.75 Å². The standard InChI is InChI=1S/C17H27NO2/c1-3-18-16(17-6-4-5-13-20-17)12-9-14-7-10-15(19-2)11-8-14/h7-8,10-11,16-18H,3-6,9,12-13H2,1-2H3. The first kappa shape index (κ1) is 15.3. The van der Waals surface area contributed by atoms with E-state index >= 15 is 0 Å². The Bertz CT molecular complexity index is 371. The van der Waals surface area contributed by atoms with E-state index in [4.69, 9.17) is 9.47 Å². The summed E-state index contributed by atoms with van der Waals surface area (Å²) in [6.07, 6.45) is 6.32. The molecule has 112 valence electrons. The molecule has 2 rings (SSSR count). The van der Waals surface area contributed by atoms with Crippen LogP contribution in [-0.2, 0) is 11.2 Å². The monoisotopic (exact) mass is 277 g/mol. The second-order valence-corrected chi connectivity index (χ2v) is 5.46. The summed E-state index contributed by atoms with van der Waals surface area (Å²) < 4.78 is 11.1. The van der Waals surface area contributed by atoms with Crippen molar-refractivity contribution >= 4 is 0 Å². The lowest BCUT2D eigenvalue weighted by Gasteiger charge is -2.31. The highest BCUT2D eigenvalue weighted by molar-refractivity contribution is 5.27. The molecule has 0 amide bonds. The highest BCUT2D eigenvalue weighted by atomic mass is 16.5. The van der Waals surface area contributed by atoms with Gasteiger partial charge in [0, 0.05) is 12.6 Å². The first-order valence-corrected chi connectivity index (χ1v) is 7.81. The molecule has 0 aromatic heterocycles. The molecule has 3 heteroatoms. The molecule has 0 aliphatic carbocycles. The van der Waals surface area contributed by atoms with E-state index in [1.54, 1.807) is 7.11 Å². The van der Waals surface area contributed by atoms with E-state index in [2.05, 4.69) is 24.4 Å². The largest absolute Gasteiger partial charge is 0.497 e. The molecule has 1 aromatic rings. The maximum absolute atomic E-state index is 5.94. The molecule has 2 unspecified atom stereocenters. The fourth-order valence-electron chi connectivity index (χ4n) is 2.88. The fourth-order valence-corrected chi connectivity index (χ4v) is 2.88. The molecule has 3 nitrogen and oxygen atoms in total. The molecule has 1 aliphatic heterocycles. The minimum absolute atomic E-state index is 0.391. The molecule has 0 spiro atoms. The van der Waals surface area contributed by atoms with Gasteiger partial charge < -0.3 is 14.8 Å². The Balaban J connectivity index is 1.86. The zero-order chi connectivity index (χ0) is 14.2. The molecule has 1 fully saturated rings. The average molecular weight is 277 g/mol. The van der Waals surface area contributed by atoms with Crippen LogP contribution in [0.25, 0.3) is 0 Å². The molecular weight excluding hydrogens is 250 g/mol. The number of benzene rings is 1. The Labute approximate surface area is 122 Å². The number of likely N-dealkylation sites (N-methyl/N-ethyl adjacent to an activating group) is 1. The van der Waals surface area contributed by atoms with Gasteiger partial charge in [0.05, 0.1) is 13.2 Å². The van der Waals surface area contributed by atoms with Gasteiger partial charge in [-0.15, -0.1) is 0 Å². The van der Waals surface area contributed by atoms with E-state index in [1.165, 1.54) is 24.8 Å². The van der Waals surface area contributed by atoms with Crippen LogP contribution in [-0.4, -0.2) is 32.4 Å². The van der Waals surface area contributed by atoms with Crippen molar-refractivity contribution in [3.63, 3.8) is 0 Å². The van der Waals surface area contributed by atoms with Gasteiger partial charge in [-0.3, -0.25) is 0 Å². The van der Waals surface area contributed by atoms with Crippen LogP contribution >= 0.6 is 0 Å². The van der Waals surface area contributed by atoms with Gasteiger partial charge in [-0.25, -0.2) is 0 Å². The molecular formula is C17H27NO2. The minimum atomic E-state index is 0.391. The summed E-state index contributed by atoms with van der Waals surface area (Å²) in [6, 6.07) is 8.86.